The predicted molar refractivity (Wildman–Crippen MR) is 77.6 cm³/mol. The SMILES string of the molecule is CC(C)CCC(C)(C)c1ccc(C(C)C)cc1. The second-order valence-corrected chi connectivity index (χ2v) is 6.59. The lowest BCUT2D eigenvalue weighted by Gasteiger charge is -2.26. The second kappa shape index (κ2) is 5.71. The van der Waals surface area contributed by atoms with Gasteiger partial charge in [0.15, 0.2) is 0 Å². The third-order valence-electron chi connectivity index (χ3n) is 3.71. The highest BCUT2D eigenvalue weighted by Crippen LogP contribution is 2.30. The van der Waals surface area contributed by atoms with Crippen molar-refractivity contribution in [3.05, 3.63) is 35.4 Å². The normalized spacial score (nSPS) is 12.5. The summed E-state index contributed by atoms with van der Waals surface area (Å²) in [6, 6.07) is 9.21. The second-order valence-electron chi connectivity index (χ2n) is 6.59. The molecule has 0 saturated heterocycles. The third kappa shape index (κ3) is 4.18. The van der Waals surface area contributed by atoms with Gasteiger partial charge in [-0.05, 0) is 34.8 Å². The van der Waals surface area contributed by atoms with Crippen LogP contribution in [0.3, 0.4) is 0 Å². The van der Waals surface area contributed by atoms with Crippen LogP contribution in [0.5, 0.6) is 0 Å². The molecule has 0 heteroatoms. The molecule has 1 aromatic rings. The molecule has 0 atom stereocenters. The summed E-state index contributed by atoms with van der Waals surface area (Å²) in [7, 11) is 0. The van der Waals surface area contributed by atoms with E-state index in [4.69, 9.17) is 0 Å². The fraction of sp³-hybridized carbons (Fsp3) is 0.647. The van der Waals surface area contributed by atoms with E-state index in [-0.39, 0.29) is 0 Å². The van der Waals surface area contributed by atoms with Crippen molar-refractivity contribution in [2.45, 2.75) is 65.7 Å². The highest BCUT2D eigenvalue weighted by Gasteiger charge is 2.20. The molecule has 0 aliphatic heterocycles. The zero-order chi connectivity index (χ0) is 13.1. The smallest absolute Gasteiger partial charge is 0.0103 e. The minimum Gasteiger partial charge on any atom is -0.0628 e. The van der Waals surface area contributed by atoms with Crippen molar-refractivity contribution in [2.75, 3.05) is 0 Å². The molecule has 0 nitrogen and oxygen atoms in total. The molecule has 0 saturated carbocycles. The Kier molecular flexibility index (Phi) is 4.80. The Bertz CT molecular complexity index is 328. The minimum absolute atomic E-state index is 0.305. The molecular weight excluding hydrogens is 204 g/mol. The van der Waals surface area contributed by atoms with E-state index >= 15 is 0 Å². The summed E-state index contributed by atoms with van der Waals surface area (Å²) in [6.45, 7) is 13.8. The Morgan fingerprint density at radius 3 is 1.88 bits per heavy atom. The van der Waals surface area contributed by atoms with Crippen LogP contribution in [0.1, 0.15) is 71.4 Å². The third-order valence-corrected chi connectivity index (χ3v) is 3.71. The van der Waals surface area contributed by atoms with Gasteiger partial charge in [0.2, 0.25) is 0 Å². The molecule has 0 heterocycles. The Morgan fingerprint density at radius 2 is 1.47 bits per heavy atom. The van der Waals surface area contributed by atoms with Gasteiger partial charge in [0.05, 0.1) is 0 Å². The van der Waals surface area contributed by atoms with Gasteiger partial charge in [-0.25, -0.2) is 0 Å². The lowest BCUT2D eigenvalue weighted by Crippen LogP contribution is -2.17. The van der Waals surface area contributed by atoms with E-state index in [1.165, 1.54) is 24.0 Å². The maximum Gasteiger partial charge on any atom is -0.0103 e. The summed E-state index contributed by atoms with van der Waals surface area (Å²) in [5, 5.41) is 0. The van der Waals surface area contributed by atoms with Gasteiger partial charge in [0.25, 0.3) is 0 Å². The van der Waals surface area contributed by atoms with E-state index in [1.54, 1.807) is 0 Å². The summed E-state index contributed by atoms with van der Waals surface area (Å²) >= 11 is 0. The highest BCUT2D eigenvalue weighted by molar-refractivity contribution is 5.29. The first kappa shape index (κ1) is 14.3. The van der Waals surface area contributed by atoms with Gasteiger partial charge < -0.3 is 0 Å². The van der Waals surface area contributed by atoms with Crippen LogP contribution in [-0.4, -0.2) is 0 Å². The molecule has 1 aromatic carbocycles. The van der Waals surface area contributed by atoms with E-state index in [0.29, 0.717) is 11.3 Å². The Balaban J connectivity index is 2.77. The van der Waals surface area contributed by atoms with Crippen LogP contribution in [0.4, 0.5) is 0 Å². The zero-order valence-electron chi connectivity index (χ0n) is 12.4. The maximum absolute atomic E-state index is 2.36. The molecule has 0 amide bonds. The summed E-state index contributed by atoms with van der Waals surface area (Å²) in [5.74, 6) is 1.42. The van der Waals surface area contributed by atoms with Gasteiger partial charge in [0, 0.05) is 0 Å². The molecule has 0 aliphatic carbocycles. The lowest BCUT2D eigenvalue weighted by molar-refractivity contribution is 0.414. The van der Waals surface area contributed by atoms with E-state index in [9.17, 15) is 0 Å². The van der Waals surface area contributed by atoms with Crippen molar-refractivity contribution < 1.29 is 0 Å². The Morgan fingerprint density at radius 1 is 0.941 bits per heavy atom. The van der Waals surface area contributed by atoms with Gasteiger partial charge >= 0.3 is 0 Å². The number of hydrogen-bond acceptors (Lipinski definition) is 0. The number of rotatable bonds is 5. The van der Waals surface area contributed by atoms with Crippen LogP contribution < -0.4 is 0 Å². The zero-order valence-corrected chi connectivity index (χ0v) is 12.4. The molecule has 0 radical (unpaired) electrons. The van der Waals surface area contributed by atoms with Crippen molar-refractivity contribution in [3.8, 4) is 0 Å². The molecule has 96 valence electrons. The molecule has 0 N–H and O–H groups in total. The van der Waals surface area contributed by atoms with Crippen molar-refractivity contribution in [1.82, 2.24) is 0 Å². The first-order chi connectivity index (χ1) is 7.83. The average Bonchev–Trinajstić information content (AvgIpc) is 2.27. The first-order valence-electron chi connectivity index (χ1n) is 6.93. The van der Waals surface area contributed by atoms with Gasteiger partial charge in [-0.15, -0.1) is 0 Å². The predicted octanol–water partition coefficient (Wildman–Crippen LogP) is 5.52. The van der Waals surface area contributed by atoms with Gasteiger partial charge in [-0.3, -0.25) is 0 Å². The molecule has 0 spiro atoms. The van der Waals surface area contributed by atoms with Crippen LogP contribution in [0.2, 0.25) is 0 Å². The average molecular weight is 232 g/mol. The maximum atomic E-state index is 2.36. The Labute approximate surface area is 107 Å². The molecule has 17 heavy (non-hydrogen) atoms. The lowest BCUT2D eigenvalue weighted by atomic mass is 9.78. The first-order valence-corrected chi connectivity index (χ1v) is 6.93. The van der Waals surface area contributed by atoms with Gasteiger partial charge in [-0.2, -0.15) is 0 Å². The van der Waals surface area contributed by atoms with E-state index in [1.807, 2.05) is 0 Å². The molecular formula is C17H28. The molecule has 1 rings (SSSR count). The number of benzene rings is 1. The van der Waals surface area contributed by atoms with Crippen molar-refractivity contribution in [3.63, 3.8) is 0 Å². The fourth-order valence-electron chi connectivity index (χ4n) is 2.11. The molecule has 0 aliphatic rings. The largest absolute Gasteiger partial charge is 0.0628 e. The van der Waals surface area contributed by atoms with E-state index in [2.05, 4.69) is 65.8 Å². The van der Waals surface area contributed by atoms with Crippen molar-refractivity contribution >= 4 is 0 Å². The topological polar surface area (TPSA) is 0 Å². The van der Waals surface area contributed by atoms with Crippen molar-refractivity contribution in [2.24, 2.45) is 5.92 Å². The standard InChI is InChI=1S/C17H28/c1-13(2)11-12-17(5,6)16-9-7-15(8-10-16)14(3)4/h7-10,13-14H,11-12H2,1-6H3. The van der Waals surface area contributed by atoms with Crippen LogP contribution in [0.15, 0.2) is 24.3 Å². The molecule has 0 aromatic heterocycles. The Hall–Kier alpha value is -0.780. The quantitative estimate of drug-likeness (QED) is 0.626. The van der Waals surface area contributed by atoms with E-state index in [0.717, 1.165) is 5.92 Å². The molecule has 0 unspecified atom stereocenters. The number of hydrogen-bond donors (Lipinski definition) is 0. The van der Waals surface area contributed by atoms with Gasteiger partial charge in [-0.1, -0.05) is 72.2 Å². The summed E-state index contributed by atoms with van der Waals surface area (Å²) in [4.78, 5) is 0. The van der Waals surface area contributed by atoms with E-state index < -0.39 is 0 Å². The highest BCUT2D eigenvalue weighted by atomic mass is 14.2. The fourth-order valence-corrected chi connectivity index (χ4v) is 2.11. The summed E-state index contributed by atoms with van der Waals surface area (Å²) in [5.41, 5.74) is 3.22. The summed E-state index contributed by atoms with van der Waals surface area (Å²) < 4.78 is 0. The van der Waals surface area contributed by atoms with Crippen molar-refractivity contribution in [1.29, 1.82) is 0 Å². The van der Waals surface area contributed by atoms with Crippen LogP contribution in [0.25, 0.3) is 0 Å². The van der Waals surface area contributed by atoms with Gasteiger partial charge in [0.1, 0.15) is 0 Å². The molecule has 0 bridgehead atoms. The molecule has 0 fully saturated rings. The van der Waals surface area contributed by atoms with Crippen LogP contribution >= 0.6 is 0 Å². The van der Waals surface area contributed by atoms with Crippen LogP contribution in [0, 0.1) is 5.92 Å². The van der Waals surface area contributed by atoms with Crippen LogP contribution in [-0.2, 0) is 5.41 Å². The minimum atomic E-state index is 0.305. The summed E-state index contributed by atoms with van der Waals surface area (Å²) in [6.07, 6.45) is 2.57. The monoisotopic (exact) mass is 232 g/mol.